The highest BCUT2D eigenvalue weighted by Gasteiger charge is 2.06. The first-order valence-corrected chi connectivity index (χ1v) is 7.29. The first kappa shape index (κ1) is 14.2. The Morgan fingerprint density at radius 3 is 2.47 bits per heavy atom. The van der Waals surface area contributed by atoms with Crippen LogP contribution in [0.25, 0.3) is 0 Å². The molecule has 0 saturated carbocycles. The molecule has 1 rings (SSSR count). The molecule has 0 aliphatic rings. The lowest BCUT2D eigenvalue weighted by molar-refractivity contribution is 0.0393. The molecule has 1 aromatic carbocycles. The van der Waals surface area contributed by atoms with Crippen LogP contribution < -0.4 is 0 Å². The van der Waals surface area contributed by atoms with Gasteiger partial charge in [-0.05, 0) is 18.9 Å². The maximum Gasteiger partial charge on any atom is 0.264 e. The lowest BCUT2D eigenvalue weighted by atomic mass is 10.2. The molecule has 5 heteroatoms. The molecule has 0 unspecified atom stereocenters. The van der Waals surface area contributed by atoms with E-state index in [2.05, 4.69) is 4.18 Å². The van der Waals surface area contributed by atoms with Gasteiger partial charge >= 0.3 is 0 Å². The van der Waals surface area contributed by atoms with Gasteiger partial charge in [0.15, 0.2) is 0 Å². The van der Waals surface area contributed by atoms with E-state index in [1.165, 1.54) is 0 Å². The van der Waals surface area contributed by atoms with E-state index >= 15 is 0 Å². The van der Waals surface area contributed by atoms with Gasteiger partial charge in [-0.3, -0.25) is 4.18 Å². The summed E-state index contributed by atoms with van der Waals surface area (Å²) in [5, 5.41) is 0. The van der Waals surface area contributed by atoms with Gasteiger partial charge in [-0.25, -0.2) is 0 Å². The molecular formula is C12H18O4S. The molecule has 0 radical (unpaired) electrons. The first-order chi connectivity index (χ1) is 7.97. The van der Waals surface area contributed by atoms with Crippen LogP contribution in [0.4, 0.5) is 0 Å². The third-order valence-corrected chi connectivity index (χ3v) is 2.79. The SMILES string of the molecule is C[C@H](CCOS(C)(=O)=O)OCc1ccccc1. The van der Waals surface area contributed by atoms with E-state index in [1.54, 1.807) is 0 Å². The van der Waals surface area contributed by atoms with Gasteiger partial charge in [0.2, 0.25) is 0 Å². The average molecular weight is 258 g/mol. The van der Waals surface area contributed by atoms with Gasteiger partial charge in [-0.15, -0.1) is 0 Å². The average Bonchev–Trinajstić information content (AvgIpc) is 2.26. The van der Waals surface area contributed by atoms with E-state index in [1.807, 2.05) is 37.3 Å². The van der Waals surface area contributed by atoms with Crippen LogP contribution in [-0.2, 0) is 25.6 Å². The minimum absolute atomic E-state index is 0.0306. The van der Waals surface area contributed by atoms with Gasteiger partial charge in [0.25, 0.3) is 10.1 Å². The second-order valence-corrected chi connectivity index (χ2v) is 5.57. The maximum absolute atomic E-state index is 10.7. The molecule has 0 N–H and O–H groups in total. The molecule has 0 aliphatic heterocycles. The Morgan fingerprint density at radius 1 is 1.24 bits per heavy atom. The maximum atomic E-state index is 10.7. The molecule has 0 bridgehead atoms. The van der Waals surface area contributed by atoms with Gasteiger partial charge < -0.3 is 4.74 Å². The summed E-state index contributed by atoms with van der Waals surface area (Å²) in [6.07, 6.45) is 1.57. The monoisotopic (exact) mass is 258 g/mol. The van der Waals surface area contributed by atoms with E-state index in [-0.39, 0.29) is 12.7 Å². The Balaban J connectivity index is 2.20. The molecule has 0 fully saturated rings. The van der Waals surface area contributed by atoms with Crippen molar-refractivity contribution in [1.29, 1.82) is 0 Å². The van der Waals surface area contributed by atoms with Crippen molar-refractivity contribution in [1.82, 2.24) is 0 Å². The zero-order valence-electron chi connectivity index (χ0n) is 10.1. The Kier molecular flexibility index (Phi) is 5.61. The predicted octanol–water partition coefficient (Wildman–Crippen LogP) is 1.96. The number of hydrogen-bond donors (Lipinski definition) is 0. The van der Waals surface area contributed by atoms with Gasteiger partial charge in [-0.2, -0.15) is 8.42 Å². The number of rotatable bonds is 7. The summed E-state index contributed by atoms with van der Waals surface area (Å²) in [5.74, 6) is 0. The van der Waals surface area contributed by atoms with E-state index in [9.17, 15) is 8.42 Å². The Bertz CT molecular complexity index is 413. The standard InChI is InChI=1S/C12H18O4S/c1-11(8-9-16-17(2,13)14)15-10-12-6-4-3-5-7-12/h3-7,11H,8-10H2,1-2H3/t11-/m1/s1. The second kappa shape index (κ2) is 6.74. The molecule has 0 amide bonds. The number of ether oxygens (including phenoxy) is 1. The quantitative estimate of drug-likeness (QED) is 0.702. The lowest BCUT2D eigenvalue weighted by Crippen LogP contribution is -2.13. The van der Waals surface area contributed by atoms with Crippen LogP contribution in [0.3, 0.4) is 0 Å². The van der Waals surface area contributed by atoms with E-state index in [0.29, 0.717) is 13.0 Å². The summed E-state index contributed by atoms with van der Waals surface area (Å²) in [4.78, 5) is 0. The van der Waals surface area contributed by atoms with Gasteiger partial charge in [0.05, 0.1) is 25.6 Å². The fourth-order valence-electron chi connectivity index (χ4n) is 1.26. The molecule has 4 nitrogen and oxygen atoms in total. The molecular weight excluding hydrogens is 240 g/mol. The molecule has 17 heavy (non-hydrogen) atoms. The zero-order chi connectivity index (χ0) is 12.7. The van der Waals surface area contributed by atoms with Crippen molar-refractivity contribution in [3.05, 3.63) is 35.9 Å². The fraction of sp³-hybridized carbons (Fsp3) is 0.500. The first-order valence-electron chi connectivity index (χ1n) is 5.47. The van der Waals surface area contributed by atoms with Crippen LogP contribution in [0.5, 0.6) is 0 Å². The highest BCUT2D eigenvalue weighted by atomic mass is 32.2. The summed E-state index contributed by atoms with van der Waals surface area (Å²) in [6, 6.07) is 9.83. The molecule has 0 aliphatic carbocycles. The van der Waals surface area contributed by atoms with Crippen molar-refractivity contribution >= 4 is 10.1 Å². The van der Waals surface area contributed by atoms with Gasteiger partial charge in [-0.1, -0.05) is 30.3 Å². The molecule has 96 valence electrons. The van der Waals surface area contributed by atoms with Crippen molar-refractivity contribution in [3.8, 4) is 0 Å². The van der Waals surface area contributed by atoms with Crippen LogP contribution in [0.2, 0.25) is 0 Å². The van der Waals surface area contributed by atoms with Crippen LogP contribution in [0, 0.1) is 0 Å². The molecule has 0 spiro atoms. The van der Waals surface area contributed by atoms with E-state index < -0.39 is 10.1 Å². The summed E-state index contributed by atoms with van der Waals surface area (Å²) in [7, 11) is -3.34. The smallest absolute Gasteiger partial charge is 0.264 e. The van der Waals surface area contributed by atoms with E-state index in [4.69, 9.17) is 4.74 Å². The third-order valence-electron chi connectivity index (χ3n) is 2.20. The minimum atomic E-state index is -3.34. The molecule has 0 saturated heterocycles. The lowest BCUT2D eigenvalue weighted by Gasteiger charge is -2.12. The molecule has 1 aromatic rings. The van der Waals surface area contributed by atoms with Gasteiger partial charge in [0.1, 0.15) is 0 Å². The largest absolute Gasteiger partial charge is 0.374 e. The van der Waals surface area contributed by atoms with Crippen LogP contribution >= 0.6 is 0 Å². The van der Waals surface area contributed by atoms with Crippen molar-refractivity contribution in [3.63, 3.8) is 0 Å². The fourth-order valence-corrected chi connectivity index (χ4v) is 1.66. The topological polar surface area (TPSA) is 52.6 Å². The van der Waals surface area contributed by atoms with Crippen LogP contribution in [-0.4, -0.2) is 27.4 Å². The van der Waals surface area contributed by atoms with Crippen LogP contribution in [0.15, 0.2) is 30.3 Å². The van der Waals surface area contributed by atoms with E-state index in [0.717, 1.165) is 11.8 Å². The predicted molar refractivity (Wildman–Crippen MR) is 66.1 cm³/mol. The number of hydrogen-bond acceptors (Lipinski definition) is 4. The van der Waals surface area contributed by atoms with Gasteiger partial charge in [0, 0.05) is 0 Å². The minimum Gasteiger partial charge on any atom is -0.374 e. The van der Waals surface area contributed by atoms with Crippen molar-refractivity contribution < 1.29 is 17.3 Å². The molecule has 1 atom stereocenters. The highest BCUT2D eigenvalue weighted by molar-refractivity contribution is 7.85. The highest BCUT2D eigenvalue weighted by Crippen LogP contribution is 2.06. The summed E-state index contributed by atoms with van der Waals surface area (Å²) in [5.41, 5.74) is 1.10. The van der Waals surface area contributed by atoms with Crippen molar-refractivity contribution in [2.45, 2.75) is 26.1 Å². The Labute approximate surface area is 103 Å². The summed E-state index contributed by atoms with van der Waals surface area (Å²) < 4.78 is 31.7. The summed E-state index contributed by atoms with van der Waals surface area (Å²) in [6.45, 7) is 2.59. The Morgan fingerprint density at radius 2 is 1.88 bits per heavy atom. The molecule has 0 aromatic heterocycles. The van der Waals surface area contributed by atoms with Crippen LogP contribution in [0.1, 0.15) is 18.9 Å². The summed E-state index contributed by atoms with van der Waals surface area (Å²) >= 11 is 0. The third kappa shape index (κ3) is 7.10. The Hall–Kier alpha value is -0.910. The second-order valence-electron chi connectivity index (χ2n) is 3.92. The van der Waals surface area contributed by atoms with Crippen molar-refractivity contribution in [2.75, 3.05) is 12.9 Å². The molecule has 0 heterocycles. The zero-order valence-corrected chi connectivity index (χ0v) is 10.9. The number of benzene rings is 1. The normalized spacial score (nSPS) is 13.5. The van der Waals surface area contributed by atoms with Crippen molar-refractivity contribution in [2.24, 2.45) is 0 Å².